The fraction of sp³-hybridized carbons (Fsp3) is 0.360. The van der Waals surface area contributed by atoms with E-state index in [1.165, 1.54) is 16.1 Å². The highest BCUT2D eigenvalue weighted by Gasteiger charge is 2.23. The summed E-state index contributed by atoms with van der Waals surface area (Å²) in [6.45, 7) is 3.63. The van der Waals surface area contributed by atoms with E-state index in [1.54, 1.807) is 12.4 Å². The molecule has 0 saturated heterocycles. The normalized spacial score (nSPS) is 14.0. The Morgan fingerprint density at radius 2 is 1.70 bits per heavy atom. The van der Waals surface area contributed by atoms with E-state index >= 15 is 0 Å². The fourth-order valence-corrected chi connectivity index (χ4v) is 4.55. The lowest BCUT2D eigenvalue weighted by Gasteiger charge is -2.27. The summed E-state index contributed by atoms with van der Waals surface area (Å²) in [6, 6.07) is 14.2. The van der Waals surface area contributed by atoms with Gasteiger partial charge in [-0.25, -0.2) is 18.4 Å². The van der Waals surface area contributed by atoms with Crippen LogP contribution < -0.4 is 9.47 Å². The van der Waals surface area contributed by atoms with E-state index in [4.69, 9.17) is 9.47 Å². The summed E-state index contributed by atoms with van der Waals surface area (Å²) in [6.07, 6.45) is 8.22. The first kappa shape index (κ1) is 23.2. The van der Waals surface area contributed by atoms with Crippen molar-refractivity contribution in [3.8, 4) is 17.5 Å². The number of aromatic nitrogens is 2. The Balaban J connectivity index is 1.23. The molecule has 2 heterocycles. The third-order valence-corrected chi connectivity index (χ3v) is 6.97. The zero-order valence-corrected chi connectivity index (χ0v) is 19.8. The lowest BCUT2D eigenvalue weighted by molar-refractivity contribution is 0.309. The van der Waals surface area contributed by atoms with Gasteiger partial charge < -0.3 is 9.47 Å². The van der Waals surface area contributed by atoms with Crippen LogP contribution in [0.1, 0.15) is 35.6 Å². The fourth-order valence-electron chi connectivity index (χ4n) is 3.75. The lowest BCUT2D eigenvalue weighted by Crippen LogP contribution is -2.35. The van der Waals surface area contributed by atoms with Crippen molar-refractivity contribution in [2.24, 2.45) is 0 Å². The van der Waals surface area contributed by atoms with Crippen molar-refractivity contribution in [1.29, 1.82) is 0 Å². The molecule has 0 fully saturated rings. The molecule has 1 aromatic heterocycles. The smallest absolute Gasteiger partial charge is 0.321 e. The second kappa shape index (κ2) is 10.3. The van der Waals surface area contributed by atoms with Crippen molar-refractivity contribution < 1.29 is 17.9 Å². The van der Waals surface area contributed by atoms with Gasteiger partial charge in [0.05, 0.1) is 12.9 Å². The third-order valence-electron chi connectivity index (χ3n) is 5.72. The summed E-state index contributed by atoms with van der Waals surface area (Å²) in [5.74, 6) is 1.54. The zero-order valence-electron chi connectivity index (χ0n) is 19.0. The van der Waals surface area contributed by atoms with Gasteiger partial charge in [-0.1, -0.05) is 25.1 Å². The molecule has 33 heavy (non-hydrogen) atoms. The van der Waals surface area contributed by atoms with Crippen LogP contribution in [0.2, 0.25) is 0 Å². The number of sulfonamides is 1. The minimum Gasteiger partial charge on any atom is -0.494 e. The van der Waals surface area contributed by atoms with Crippen LogP contribution in [0.3, 0.4) is 0 Å². The molecular weight excluding hydrogens is 438 g/mol. The van der Waals surface area contributed by atoms with Gasteiger partial charge in [-0.2, -0.15) is 4.31 Å². The summed E-state index contributed by atoms with van der Waals surface area (Å²) < 4.78 is 36.7. The van der Waals surface area contributed by atoms with Crippen molar-refractivity contribution in [2.45, 2.75) is 39.2 Å². The number of fused-ring (bicyclic) bond motifs is 1. The van der Waals surface area contributed by atoms with Crippen LogP contribution in [0, 0.1) is 0 Å². The van der Waals surface area contributed by atoms with E-state index in [-0.39, 0.29) is 0 Å². The SMILES string of the molecule is CCc1cnc(Oc2ccc(CCCOc3ccc4c(c3)CCN(S(C)(=O)=O)C4)cc2)nc1. The Morgan fingerprint density at radius 3 is 2.39 bits per heavy atom. The summed E-state index contributed by atoms with van der Waals surface area (Å²) in [5, 5.41) is 0. The largest absolute Gasteiger partial charge is 0.494 e. The Labute approximate surface area is 195 Å². The summed E-state index contributed by atoms with van der Waals surface area (Å²) in [4.78, 5) is 8.44. The molecule has 1 aliphatic rings. The number of rotatable bonds is 9. The van der Waals surface area contributed by atoms with Crippen LogP contribution in [0.15, 0.2) is 54.9 Å². The standard InChI is InChI=1S/C25H29N3O4S/c1-3-19-16-26-25(27-17-19)32-23-9-6-20(7-10-23)5-4-14-31-24-11-8-22-18-28(33(2,29)30)13-12-21(22)15-24/h6-11,15-17H,3-5,12-14,18H2,1-2H3. The van der Waals surface area contributed by atoms with Crippen LogP contribution >= 0.6 is 0 Å². The minimum absolute atomic E-state index is 0.349. The van der Waals surface area contributed by atoms with Crippen molar-refractivity contribution in [1.82, 2.24) is 14.3 Å². The highest BCUT2D eigenvalue weighted by molar-refractivity contribution is 7.88. The highest BCUT2D eigenvalue weighted by Crippen LogP contribution is 2.25. The first-order valence-electron chi connectivity index (χ1n) is 11.2. The summed E-state index contributed by atoms with van der Waals surface area (Å²) in [5.41, 5.74) is 4.50. The molecule has 4 rings (SSSR count). The maximum Gasteiger partial charge on any atom is 0.321 e. The monoisotopic (exact) mass is 467 g/mol. The number of hydrogen-bond donors (Lipinski definition) is 0. The van der Waals surface area contributed by atoms with Crippen LogP contribution in [-0.2, 0) is 35.8 Å². The molecule has 8 heteroatoms. The summed E-state index contributed by atoms with van der Waals surface area (Å²) >= 11 is 0. The van der Waals surface area contributed by atoms with E-state index in [9.17, 15) is 8.42 Å². The van der Waals surface area contributed by atoms with E-state index in [0.29, 0.717) is 37.9 Å². The number of aryl methyl sites for hydroxylation is 2. The van der Waals surface area contributed by atoms with Gasteiger partial charge in [0.15, 0.2) is 0 Å². The lowest BCUT2D eigenvalue weighted by atomic mass is 10.0. The number of ether oxygens (including phenoxy) is 2. The average Bonchev–Trinajstić information content (AvgIpc) is 2.82. The molecule has 0 atom stereocenters. The van der Waals surface area contributed by atoms with Gasteiger partial charge in [0, 0.05) is 25.5 Å². The van der Waals surface area contributed by atoms with E-state index < -0.39 is 10.0 Å². The van der Waals surface area contributed by atoms with E-state index in [1.807, 2.05) is 42.5 Å². The predicted octanol–water partition coefficient (Wildman–Crippen LogP) is 4.16. The van der Waals surface area contributed by atoms with Gasteiger partial charge in [0.1, 0.15) is 11.5 Å². The van der Waals surface area contributed by atoms with Crippen molar-refractivity contribution in [2.75, 3.05) is 19.4 Å². The third kappa shape index (κ3) is 6.30. The number of benzene rings is 2. The molecular formula is C25H29N3O4S. The average molecular weight is 468 g/mol. The molecule has 0 unspecified atom stereocenters. The summed E-state index contributed by atoms with van der Waals surface area (Å²) in [7, 11) is -3.16. The molecule has 174 valence electrons. The molecule has 0 radical (unpaired) electrons. The topological polar surface area (TPSA) is 81.6 Å². The molecule has 0 bridgehead atoms. The van der Waals surface area contributed by atoms with E-state index in [2.05, 4.69) is 16.9 Å². The van der Waals surface area contributed by atoms with Gasteiger partial charge >= 0.3 is 6.01 Å². The molecule has 0 aliphatic carbocycles. The van der Waals surface area contributed by atoms with Crippen molar-refractivity contribution >= 4 is 10.0 Å². The maximum absolute atomic E-state index is 11.8. The second-order valence-corrected chi connectivity index (χ2v) is 10.2. The maximum atomic E-state index is 11.8. The van der Waals surface area contributed by atoms with E-state index in [0.717, 1.165) is 41.7 Å². The van der Waals surface area contributed by atoms with Gasteiger partial charge in [-0.3, -0.25) is 0 Å². The Morgan fingerprint density at radius 1 is 0.970 bits per heavy atom. The molecule has 0 N–H and O–H groups in total. The van der Waals surface area contributed by atoms with Crippen LogP contribution in [0.5, 0.6) is 17.5 Å². The van der Waals surface area contributed by atoms with Crippen LogP contribution in [-0.4, -0.2) is 42.1 Å². The van der Waals surface area contributed by atoms with Gasteiger partial charge in [0.2, 0.25) is 10.0 Å². The van der Waals surface area contributed by atoms with Gasteiger partial charge in [-0.15, -0.1) is 0 Å². The minimum atomic E-state index is -3.16. The molecule has 0 saturated carbocycles. The van der Waals surface area contributed by atoms with Crippen LogP contribution in [0.25, 0.3) is 0 Å². The van der Waals surface area contributed by atoms with Gasteiger partial charge in [-0.05, 0) is 72.2 Å². The first-order valence-corrected chi connectivity index (χ1v) is 13.0. The molecule has 1 aliphatic heterocycles. The number of hydrogen-bond acceptors (Lipinski definition) is 6. The van der Waals surface area contributed by atoms with Gasteiger partial charge in [0.25, 0.3) is 0 Å². The second-order valence-electron chi connectivity index (χ2n) is 8.20. The Hall–Kier alpha value is -2.97. The number of nitrogens with zero attached hydrogens (tertiary/aromatic N) is 3. The molecule has 0 spiro atoms. The Kier molecular flexibility index (Phi) is 7.25. The highest BCUT2D eigenvalue weighted by atomic mass is 32.2. The zero-order chi connectivity index (χ0) is 23.3. The first-order chi connectivity index (χ1) is 15.9. The van der Waals surface area contributed by atoms with Crippen molar-refractivity contribution in [3.05, 3.63) is 77.1 Å². The predicted molar refractivity (Wildman–Crippen MR) is 127 cm³/mol. The van der Waals surface area contributed by atoms with Crippen molar-refractivity contribution in [3.63, 3.8) is 0 Å². The molecule has 0 amide bonds. The quantitative estimate of drug-likeness (QED) is 0.440. The van der Waals surface area contributed by atoms with Crippen LogP contribution in [0.4, 0.5) is 0 Å². The Bertz CT molecular complexity index is 1180. The molecule has 7 nitrogen and oxygen atoms in total. The molecule has 2 aromatic carbocycles. The molecule has 3 aromatic rings.